The van der Waals surface area contributed by atoms with Crippen LogP contribution in [0.4, 0.5) is 4.39 Å². The lowest BCUT2D eigenvalue weighted by Crippen LogP contribution is -2.05. The van der Waals surface area contributed by atoms with Crippen LogP contribution in [-0.2, 0) is 4.79 Å². The summed E-state index contributed by atoms with van der Waals surface area (Å²) in [5, 5.41) is 0. The Balaban J connectivity index is 2.81. The van der Waals surface area contributed by atoms with Crippen molar-refractivity contribution in [3.63, 3.8) is 0 Å². The summed E-state index contributed by atoms with van der Waals surface area (Å²) in [5.41, 5.74) is 1.41. The summed E-state index contributed by atoms with van der Waals surface area (Å²) in [6.45, 7) is 3.86. The normalized spacial score (nSPS) is 16.4. The van der Waals surface area contributed by atoms with Crippen LogP contribution in [0.1, 0.15) is 26.7 Å². The highest BCUT2D eigenvalue weighted by atomic mass is 19.1. The summed E-state index contributed by atoms with van der Waals surface area (Å²) in [6.07, 6.45) is 5.54. The number of hydrogen-bond acceptors (Lipinski definition) is 1. The lowest BCUT2D eigenvalue weighted by atomic mass is 9.99. The van der Waals surface area contributed by atoms with Gasteiger partial charge in [0.15, 0.2) is 5.78 Å². The molecule has 2 heteroatoms. The summed E-state index contributed by atoms with van der Waals surface area (Å²) in [5.74, 6) is -0.480. The first-order valence-corrected chi connectivity index (χ1v) is 4.33. The van der Waals surface area contributed by atoms with Gasteiger partial charge < -0.3 is 0 Å². The van der Waals surface area contributed by atoms with Gasteiger partial charge in [-0.25, -0.2) is 4.39 Å². The van der Waals surface area contributed by atoms with E-state index in [1.54, 1.807) is 6.08 Å². The summed E-state index contributed by atoms with van der Waals surface area (Å²) >= 11 is 0. The van der Waals surface area contributed by atoms with Gasteiger partial charge in [-0.1, -0.05) is 17.7 Å². The first-order chi connectivity index (χ1) is 6.11. The quantitative estimate of drug-likeness (QED) is 0.597. The van der Waals surface area contributed by atoms with Crippen LogP contribution in [0.25, 0.3) is 0 Å². The zero-order valence-electron chi connectivity index (χ0n) is 7.93. The van der Waals surface area contributed by atoms with Crippen molar-refractivity contribution >= 4 is 5.78 Å². The molecular formula is C11H13FO. The minimum absolute atomic E-state index is 0.0995. The third-order valence-electron chi connectivity index (χ3n) is 1.91. The van der Waals surface area contributed by atoms with Crippen molar-refractivity contribution in [2.75, 3.05) is 0 Å². The van der Waals surface area contributed by atoms with E-state index in [9.17, 15) is 9.18 Å². The molecule has 0 fully saturated rings. The summed E-state index contributed by atoms with van der Waals surface area (Å²) in [4.78, 5) is 11.2. The van der Waals surface area contributed by atoms with E-state index >= 15 is 0 Å². The first kappa shape index (κ1) is 9.90. The van der Waals surface area contributed by atoms with Crippen molar-refractivity contribution in [3.8, 4) is 0 Å². The maximum absolute atomic E-state index is 13.1. The molecule has 13 heavy (non-hydrogen) atoms. The Hall–Kier alpha value is -1.18. The van der Waals surface area contributed by atoms with Gasteiger partial charge in [0, 0.05) is 12.0 Å². The third-order valence-corrected chi connectivity index (χ3v) is 1.91. The Bertz CT molecular complexity index is 304. The minimum Gasteiger partial charge on any atom is -0.294 e. The van der Waals surface area contributed by atoms with Gasteiger partial charge >= 0.3 is 0 Å². The number of rotatable bonds is 2. The van der Waals surface area contributed by atoms with E-state index in [0.29, 0.717) is 18.4 Å². The molecular weight excluding hydrogens is 167 g/mol. The molecule has 0 unspecified atom stereocenters. The minimum atomic E-state index is -0.381. The first-order valence-electron chi connectivity index (χ1n) is 4.33. The molecule has 0 aromatic heterocycles. The van der Waals surface area contributed by atoms with Crippen LogP contribution in [0.5, 0.6) is 0 Å². The van der Waals surface area contributed by atoms with Crippen LogP contribution < -0.4 is 0 Å². The van der Waals surface area contributed by atoms with E-state index < -0.39 is 0 Å². The van der Waals surface area contributed by atoms with Crippen LogP contribution in [-0.4, -0.2) is 5.78 Å². The number of hydrogen-bond donors (Lipinski definition) is 0. The van der Waals surface area contributed by atoms with Crippen LogP contribution in [0.15, 0.2) is 35.2 Å². The predicted octanol–water partition coefficient (Wildman–Crippen LogP) is 3.10. The van der Waals surface area contributed by atoms with Gasteiger partial charge in [-0.2, -0.15) is 0 Å². The molecule has 1 aliphatic carbocycles. The molecule has 1 rings (SSSR count). The molecule has 0 bridgehead atoms. The largest absolute Gasteiger partial charge is 0.294 e. The predicted molar refractivity (Wildman–Crippen MR) is 50.9 cm³/mol. The number of ketones is 1. The molecule has 70 valence electrons. The van der Waals surface area contributed by atoms with Crippen molar-refractivity contribution in [2.45, 2.75) is 26.7 Å². The van der Waals surface area contributed by atoms with E-state index in [-0.39, 0.29) is 11.6 Å². The Morgan fingerprint density at radius 1 is 1.62 bits per heavy atom. The molecule has 0 spiro atoms. The Morgan fingerprint density at radius 2 is 2.31 bits per heavy atom. The SMILES string of the molecule is CC(C)=CCC1=C(F)C=CCC1=O. The highest BCUT2D eigenvalue weighted by Crippen LogP contribution is 2.20. The zero-order chi connectivity index (χ0) is 9.84. The average Bonchev–Trinajstić information content (AvgIpc) is 2.03. The second-order valence-corrected chi connectivity index (χ2v) is 3.34. The lowest BCUT2D eigenvalue weighted by molar-refractivity contribution is -0.115. The lowest BCUT2D eigenvalue weighted by Gasteiger charge is -2.07. The number of Topliss-reactive ketones (excluding diaryl/α,β-unsaturated/α-hetero) is 1. The van der Waals surface area contributed by atoms with Crippen molar-refractivity contribution in [1.29, 1.82) is 0 Å². The molecule has 0 aromatic rings. The monoisotopic (exact) mass is 180 g/mol. The Labute approximate surface area is 77.6 Å². The van der Waals surface area contributed by atoms with Crippen LogP contribution >= 0.6 is 0 Å². The van der Waals surface area contributed by atoms with Crippen molar-refractivity contribution in [1.82, 2.24) is 0 Å². The number of carbonyl (C=O) groups excluding carboxylic acids is 1. The van der Waals surface area contributed by atoms with Crippen LogP contribution in [0, 0.1) is 0 Å². The molecule has 0 N–H and O–H groups in total. The van der Waals surface area contributed by atoms with Crippen molar-refractivity contribution in [2.24, 2.45) is 0 Å². The summed E-state index contributed by atoms with van der Waals surface area (Å²) in [7, 11) is 0. The van der Waals surface area contributed by atoms with Gasteiger partial charge in [0.05, 0.1) is 0 Å². The zero-order valence-corrected chi connectivity index (χ0v) is 7.93. The maximum Gasteiger partial charge on any atom is 0.165 e. The topological polar surface area (TPSA) is 17.1 Å². The molecule has 0 saturated heterocycles. The van der Waals surface area contributed by atoms with E-state index in [0.717, 1.165) is 5.57 Å². The standard InChI is InChI=1S/C11H13FO/c1-8(2)6-7-9-10(12)4-3-5-11(9)13/h3-4,6H,5,7H2,1-2H3. The van der Waals surface area contributed by atoms with E-state index in [2.05, 4.69) is 0 Å². The smallest absolute Gasteiger partial charge is 0.165 e. The van der Waals surface area contributed by atoms with Gasteiger partial charge in [0.1, 0.15) is 5.83 Å². The van der Waals surface area contributed by atoms with E-state index in [1.165, 1.54) is 6.08 Å². The molecule has 0 heterocycles. The molecule has 0 aromatic carbocycles. The second-order valence-electron chi connectivity index (χ2n) is 3.34. The van der Waals surface area contributed by atoms with Crippen LogP contribution in [0.3, 0.4) is 0 Å². The molecule has 0 amide bonds. The number of carbonyl (C=O) groups is 1. The highest BCUT2D eigenvalue weighted by Gasteiger charge is 2.15. The van der Waals surface area contributed by atoms with Crippen molar-refractivity contribution in [3.05, 3.63) is 35.2 Å². The van der Waals surface area contributed by atoms with Gasteiger partial charge in [0.2, 0.25) is 0 Å². The van der Waals surface area contributed by atoms with E-state index in [1.807, 2.05) is 19.9 Å². The molecule has 1 aliphatic rings. The third kappa shape index (κ3) is 2.65. The Morgan fingerprint density at radius 3 is 2.85 bits per heavy atom. The second kappa shape index (κ2) is 4.17. The van der Waals surface area contributed by atoms with Gasteiger partial charge in [-0.05, 0) is 26.3 Å². The van der Waals surface area contributed by atoms with Gasteiger partial charge in [-0.15, -0.1) is 0 Å². The Kier molecular flexibility index (Phi) is 3.18. The average molecular weight is 180 g/mol. The summed E-state index contributed by atoms with van der Waals surface area (Å²) in [6, 6.07) is 0. The fourth-order valence-corrected chi connectivity index (χ4v) is 1.14. The molecule has 0 saturated carbocycles. The molecule has 0 aliphatic heterocycles. The summed E-state index contributed by atoms with van der Waals surface area (Å²) < 4.78 is 13.1. The molecule has 0 atom stereocenters. The number of halogens is 1. The number of allylic oxidation sites excluding steroid dienone is 6. The van der Waals surface area contributed by atoms with Crippen LogP contribution in [0.2, 0.25) is 0 Å². The molecule has 1 nitrogen and oxygen atoms in total. The maximum atomic E-state index is 13.1. The highest BCUT2D eigenvalue weighted by molar-refractivity contribution is 5.98. The van der Waals surface area contributed by atoms with Gasteiger partial charge in [-0.3, -0.25) is 4.79 Å². The fraction of sp³-hybridized carbons (Fsp3) is 0.364. The fourth-order valence-electron chi connectivity index (χ4n) is 1.14. The van der Waals surface area contributed by atoms with Crippen molar-refractivity contribution < 1.29 is 9.18 Å². The van der Waals surface area contributed by atoms with Gasteiger partial charge in [0.25, 0.3) is 0 Å². The van der Waals surface area contributed by atoms with E-state index in [4.69, 9.17) is 0 Å². The molecule has 0 radical (unpaired) electrons.